The third-order valence-electron chi connectivity index (χ3n) is 10.2. The fraction of sp³-hybridized carbons (Fsp3) is 0.488. The Morgan fingerprint density at radius 1 is 1.04 bits per heavy atom. The Kier molecular flexibility index (Phi) is 12.1. The van der Waals surface area contributed by atoms with Crippen molar-refractivity contribution in [3.8, 4) is 5.75 Å². The lowest BCUT2D eigenvalue weighted by Crippen LogP contribution is -2.43. The number of nitrogens with one attached hydrogen (secondary N) is 3. The second-order valence-corrected chi connectivity index (χ2v) is 15.5. The Morgan fingerprint density at radius 2 is 1.85 bits per heavy atom. The van der Waals surface area contributed by atoms with Crippen LogP contribution in [0.15, 0.2) is 71.9 Å². The van der Waals surface area contributed by atoms with Gasteiger partial charge in [-0.25, -0.2) is 9.79 Å². The maximum absolute atomic E-state index is 13.7. The van der Waals surface area contributed by atoms with E-state index in [1.807, 2.05) is 73.8 Å². The van der Waals surface area contributed by atoms with Crippen molar-refractivity contribution >= 4 is 34.9 Å². The molecule has 3 unspecified atom stereocenters. The topological polar surface area (TPSA) is 132 Å². The molecule has 3 N–H and O–H groups in total. The number of hydrogen-bond acceptors (Lipinski definition) is 9. The largest absolute Gasteiger partial charge is 0.484 e. The molecule has 0 spiro atoms. The summed E-state index contributed by atoms with van der Waals surface area (Å²) >= 11 is 0. The number of carbonyl (C=O) groups is 1. The van der Waals surface area contributed by atoms with Gasteiger partial charge in [0, 0.05) is 44.9 Å². The number of methoxy groups -OCH3 is 1. The van der Waals surface area contributed by atoms with Crippen LogP contribution in [0.1, 0.15) is 95.1 Å². The number of amidine groups is 1. The zero-order valence-electron chi connectivity index (χ0n) is 32.1. The fourth-order valence-electron chi connectivity index (χ4n) is 7.09. The molecule has 2 amide bonds. The zero-order valence-corrected chi connectivity index (χ0v) is 32.1. The third-order valence-corrected chi connectivity index (χ3v) is 10.2. The van der Waals surface area contributed by atoms with Crippen molar-refractivity contribution in [2.45, 2.75) is 91.0 Å². The molecule has 12 nitrogen and oxygen atoms in total. The number of carbonyl (C=O) groups excluding carboxylic acids is 1. The Labute approximate surface area is 313 Å². The average molecular weight is 722 g/mol. The molecule has 53 heavy (non-hydrogen) atoms. The van der Waals surface area contributed by atoms with E-state index < -0.39 is 0 Å². The molecule has 3 atom stereocenters. The average Bonchev–Trinajstić information content (AvgIpc) is 3.54. The summed E-state index contributed by atoms with van der Waals surface area (Å²) in [6, 6.07) is 19.9. The number of rotatable bonds is 12. The number of anilines is 1. The van der Waals surface area contributed by atoms with Crippen LogP contribution in [-0.4, -0.2) is 77.0 Å². The lowest BCUT2D eigenvalue weighted by Gasteiger charge is -2.33. The summed E-state index contributed by atoms with van der Waals surface area (Å²) in [7, 11) is 3.76. The first kappa shape index (κ1) is 37.9. The van der Waals surface area contributed by atoms with Gasteiger partial charge in [-0.15, -0.1) is 10.2 Å². The second kappa shape index (κ2) is 16.9. The van der Waals surface area contributed by atoms with Crippen LogP contribution in [0.2, 0.25) is 0 Å². The number of aliphatic imine (C=N–C) groups is 1. The molecule has 6 rings (SSSR count). The highest BCUT2D eigenvalue weighted by Gasteiger charge is 2.30. The Balaban J connectivity index is 1.16. The van der Waals surface area contributed by atoms with Gasteiger partial charge >= 0.3 is 6.03 Å². The van der Waals surface area contributed by atoms with Gasteiger partial charge in [0.2, 0.25) is 5.95 Å². The molecule has 0 bridgehead atoms. The highest BCUT2D eigenvalue weighted by molar-refractivity contribution is 6.09. The normalized spacial score (nSPS) is 19.3. The lowest BCUT2D eigenvalue weighted by atomic mass is 9.85. The van der Waals surface area contributed by atoms with Crippen molar-refractivity contribution in [3.63, 3.8) is 0 Å². The van der Waals surface area contributed by atoms with Crippen molar-refractivity contribution < 1.29 is 14.3 Å². The van der Waals surface area contributed by atoms with Gasteiger partial charge in [-0.3, -0.25) is 14.6 Å². The van der Waals surface area contributed by atoms with Gasteiger partial charge in [0.25, 0.3) is 0 Å². The smallest absolute Gasteiger partial charge is 0.320 e. The van der Waals surface area contributed by atoms with E-state index in [4.69, 9.17) is 19.9 Å². The van der Waals surface area contributed by atoms with Crippen molar-refractivity contribution in [3.05, 3.63) is 83.6 Å². The second-order valence-electron chi connectivity index (χ2n) is 15.5. The molecule has 1 saturated heterocycles. The predicted octanol–water partition coefficient (Wildman–Crippen LogP) is 7.63. The Hall–Kier alpha value is -4.81. The van der Waals surface area contributed by atoms with E-state index >= 15 is 0 Å². The van der Waals surface area contributed by atoms with Crippen LogP contribution in [0.4, 0.5) is 16.4 Å². The number of aromatic nitrogens is 3. The van der Waals surface area contributed by atoms with Gasteiger partial charge in [0.15, 0.2) is 5.65 Å². The van der Waals surface area contributed by atoms with Crippen molar-refractivity contribution in [1.29, 1.82) is 5.41 Å². The van der Waals surface area contributed by atoms with Crippen LogP contribution in [0, 0.1) is 10.8 Å². The molecule has 0 saturated carbocycles. The first-order valence-corrected chi connectivity index (χ1v) is 18.8. The molecule has 4 aromatic rings. The molecular formula is C41H55N9O3. The maximum Gasteiger partial charge on any atom is 0.320 e. The molecule has 2 aromatic carbocycles. The molecule has 12 heteroatoms. The molecule has 0 radical (unpaired) electrons. The molecule has 1 aliphatic carbocycles. The van der Waals surface area contributed by atoms with Crippen LogP contribution < -0.4 is 20.3 Å². The highest BCUT2D eigenvalue weighted by atomic mass is 16.5. The monoisotopic (exact) mass is 721 g/mol. The van der Waals surface area contributed by atoms with Crippen LogP contribution >= 0.6 is 0 Å². The number of likely N-dealkylation sites (N-methyl/N-ethyl adjacent to an activating group) is 1. The standard InChI is InChI=1S/C41H55N9O3/c1-28-12-9-10-21-49(28)40-47-46-38-20-17-31(27-50(38)40)53-35-19-18-34(32-15-7-8-16-33(32)35)44-39(51)45-37(25-36(42)41(2,3)4)43-30-14-11-13-29(24-30)26-48(5)22-23-52-6/h7-8,11,13-17,20,24,27-28,34-35,42H,9-10,12,18-19,21-23,25-26H2,1-6H3,(H2,43,44,45,51). The minimum Gasteiger partial charge on any atom is -0.484 e. The molecule has 1 aliphatic heterocycles. The molecule has 2 aliphatic rings. The van der Waals surface area contributed by atoms with Gasteiger partial charge in [0.05, 0.1) is 24.5 Å². The van der Waals surface area contributed by atoms with E-state index in [9.17, 15) is 4.79 Å². The minimum atomic E-state index is -0.366. The van der Waals surface area contributed by atoms with E-state index in [0.717, 1.165) is 78.6 Å². The van der Waals surface area contributed by atoms with Crippen LogP contribution in [0.3, 0.4) is 0 Å². The minimum absolute atomic E-state index is 0.177. The number of pyridine rings is 1. The van der Waals surface area contributed by atoms with Crippen molar-refractivity contribution in [2.75, 3.05) is 38.8 Å². The summed E-state index contributed by atoms with van der Waals surface area (Å²) < 4.78 is 13.9. The summed E-state index contributed by atoms with van der Waals surface area (Å²) in [4.78, 5) is 23.1. The number of piperidine rings is 1. The summed E-state index contributed by atoms with van der Waals surface area (Å²) in [5.74, 6) is 2.04. The van der Waals surface area contributed by atoms with Gasteiger partial charge in [-0.1, -0.05) is 57.2 Å². The van der Waals surface area contributed by atoms with Crippen molar-refractivity contribution in [1.82, 2.24) is 30.1 Å². The number of benzene rings is 2. The van der Waals surface area contributed by atoms with E-state index in [-0.39, 0.29) is 30.0 Å². The number of amides is 2. The van der Waals surface area contributed by atoms with Crippen LogP contribution in [-0.2, 0) is 11.3 Å². The predicted molar refractivity (Wildman–Crippen MR) is 211 cm³/mol. The first-order valence-electron chi connectivity index (χ1n) is 18.8. The zero-order chi connectivity index (χ0) is 37.5. The third kappa shape index (κ3) is 9.60. The van der Waals surface area contributed by atoms with Gasteiger partial charge in [-0.2, -0.15) is 0 Å². The van der Waals surface area contributed by atoms with Crippen LogP contribution in [0.25, 0.3) is 5.65 Å². The molecule has 3 heterocycles. The summed E-state index contributed by atoms with van der Waals surface area (Å²) in [6.45, 7) is 11.4. The van der Waals surface area contributed by atoms with Crippen LogP contribution in [0.5, 0.6) is 5.75 Å². The van der Waals surface area contributed by atoms with E-state index in [1.54, 1.807) is 7.11 Å². The highest BCUT2D eigenvalue weighted by Crippen LogP contribution is 2.39. The van der Waals surface area contributed by atoms with E-state index in [1.165, 1.54) is 6.42 Å². The summed E-state index contributed by atoms with van der Waals surface area (Å²) in [5.41, 5.74) is 4.82. The van der Waals surface area contributed by atoms with E-state index in [0.29, 0.717) is 30.6 Å². The number of hydrogen-bond donors (Lipinski definition) is 3. The molecule has 282 valence electrons. The fourth-order valence-corrected chi connectivity index (χ4v) is 7.09. The van der Waals surface area contributed by atoms with Gasteiger partial charge in [-0.05, 0) is 92.4 Å². The maximum atomic E-state index is 13.7. The quantitative estimate of drug-likeness (QED) is 0.101. The molecular weight excluding hydrogens is 667 g/mol. The number of nitrogens with zero attached hydrogens (tertiary/aromatic N) is 6. The summed E-state index contributed by atoms with van der Waals surface area (Å²) in [6.07, 6.45) is 7.00. The summed E-state index contributed by atoms with van der Waals surface area (Å²) in [5, 5.41) is 23.9. The number of ether oxygens (including phenoxy) is 2. The van der Waals surface area contributed by atoms with E-state index in [2.05, 4.69) is 62.8 Å². The SMILES string of the molecule is COCCN(C)Cc1cccc(N=C(CC(=N)C(C)(C)C)NC(=O)NC2CCC(Oc3ccc4nnc(N5CCCCC5C)n4c3)c3ccccc32)c1. The Morgan fingerprint density at radius 3 is 2.62 bits per heavy atom. The van der Waals surface area contributed by atoms with Gasteiger partial charge in [0.1, 0.15) is 17.7 Å². The van der Waals surface area contributed by atoms with Crippen molar-refractivity contribution in [2.24, 2.45) is 10.4 Å². The molecule has 1 fully saturated rings. The van der Waals surface area contributed by atoms with Gasteiger partial charge < -0.3 is 25.1 Å². The number of fused-ring (bicyclic) bond motifs is 2. The lowest BCUT2D eigenvalue weighted by molar-refractivity contribution is 0.158. The Bertz CT molecular complexity index is 1920. The number of urea groups is 1. The first-order chi connectivity index (χ1) is 25.5. The molecule has 2 aromatic heterocycles.